The lowest BCUT2D eigenvalue weighted by molar-refractivity contribution is -0.113. The third-order valence-electron chi connectivity index (χ3n) is 5.47. The Morgan fingerprint density at radius 1 is 1.03 bits per heavy atom. The highest BCUT2D eigenvalue weighted by Crippen LogP contribution is 2.24. The minimum atomic E-state index is -0.334. The van der Waals surface area contributed by atoms with Gasteiger partial charge in [0.1, 0.15) is 0 Å². The predicted octanol–water partition coefficient (Wildman–Crippen LogP) is 4.98. The van der Waals surface area contributed by atoms with Crippen molar-refractivity contribution in [3.63, 3.8) is 0 Å². The highest BCUT2D eigenvalue weighted by Gasteiger charge is 2.20. The number of thioether (sulfide) groups is 1. The van der Waals surface area contributed by atoms with Crippen molar-refractivity contribution in [3.8, 4) is 0 Å². The Bertz CT molecular complexity index is 1330. The van der Waals surface area contributed by atoms with Gasteiger partial charge in [0.2, 0.25) is 5.91 Å². The van der Waals surface area contributed by atoms with Crippen LogP contribution in [0.4, 0.5) is 5.69 Å². The molecular formula is C26H27N5O2S. The number of hydrogen-bond donors (Lipinski definition) is 2. The second-order valence-corrected chi connectivity index (χ2v) is 8.96. The number of anilines is 1. The molecule has 4 rings (SSSR count). The Kier molecular flexibility index (Phi) is 7.27. The molecule has 0 saturated carbocycles. The molecule has 0 aliphatic carbocycles. The zero-order valence-electron chi connectivity index (χ0n) is 19.4. The van der Waals surface area contributed by atoms with Crippen molar-refractivity contribution in [3.05, 3.63) is 83.7 Å². The van der Waals surface area contributed by atoms with Crippen LogP contribution in [0.1, 0.15) is 41.6 Å². The first-order chi connectivity index (χ1) is 16.5. The molecule has 0 unspecified atom stereocenters. The molecule has 0 aliphatic rings. The van der Waals surface area contributed by atoms with Crippen LogP contribution in [0.2, 0.25) is 0 Å². The second-order valence-electron chi connectivity index (χ2n) is 8.01. The van der Waals surface area contributed by atoms with Gasteiger partial charge < -0.3 is 15.2 Å². The van der Waals surface area contributed by atoms with Crippen molar-refractivity contribution < 1.29 is 9.59 Å². The van der Waals surface area contributed by atoms with E-state index in [0.29, 0.717) is 23.1 Å². The smallest absolute Gasteiger partial charge is 0.251 e. The van der Waals surface area contributed by atoms with Crippen LogP contribution in [0, 0.1) is 6.92 Å². The summed E-state index contributed by atoms with van der Waals surface area (Å²) in [6.45, 7) is 6.45. The zero-order valence-corrected chi connectivity index (χ0v) is 20.2. The number of hydrogen-bond acceptors (Lipinski definition) is 5. The van der Waals surface area contributed by atoms with Crippen LogP contribution in [-0.4, -0.2) is 32.3 Å². The molecule has 1 atom stereocenters. The monoisotopic (exact) mass is 473 g/mol. The standard InChI is InChI=1S/C26H27N5O2S/c1-4-31-24(18(3)27-25(33)20-12-7-9-17(2)15-20)29-30-26(31)34-16-23(32)28-22-14-8-11-19-10-5-6-13-21(19)22/h5-15,18H,4,16H2,1-3H3,(H,27,33)(H,28,32)/t18-/m0/s1. The van der Waals surface area contributed by atoms with Gasteiger partial charge in [0, 0.05) is 23.2 Å². The van der Waals surface area contributed by atoms with Gasteiger partial charge in [-0.3, -0.25) is 9.59 Å². The number of aromatic nitrogens is 3. The normalized spacial score (nSPS) is 11.9. The molecule has 0 fully saturated rings. The number of nitrogens with one attached hydrogen (secondary N) is 2. The molecule has 1 aromatic heterocycles. The molecule has 3 aromatic carbocycles. The number of benzene rings is 3. The number of amides is 2. The van der Waals surface area contributed by atoms with E-state index in [9.17, 15) is 9.59 Å². The SMILES string of the molecule is CCn1c(SCC(=O)Nc2cccc3ccccc23)nnc1[C@H](C)NC(=O)c1cccc(C)c1. The highest BCUT2D eigenvalue weighted by molar-refractivity contribution is 7.99. The lowest BCUT2D eigenvalue weighted by Crippen LogP contribution is -2.28. The number of aryl methyl sites for hydroxylation is 1. The highest BCUT2D eigenvalue weighted by atomic mass is 32.2. The maximum atomic E-state index is 12.7. The van der Waals surface area contributed by atoms with E-state index in [1.54, 1.807) is 6.07 Å². The minimum Gasteiger partial charge on any atom is -0.342 e. The average molecular weight is 474 g/mol. The first kappa shape index (κ1) is 23.5. The van der Waals surface area contributed by atoms with Crippen molar-refractivity contribution in [2.24, 2.45) is 0 Å². The van der Waals surface area contributed by atoms with E-state index in [2.05, 4.69) is 20.8 Å². The van der Waals surface area contributed by atoms with Crippen molar-refractivity contribution in [1.29, 1.82) is 0 Å². The number of carbonyl (C=O) groups is 2. The Morgan fingerprint density at radius 3 is 2.59 bits per heavy atom. The minimum absolute atomic E-state index is 0.116. The first-order valence-corrected chi connectivity index (χ1v) is 12.2. The van der Waals surface area contributed by atoms with Gasteiger partial charge >= 0.3 is 0 Å². The molecule has 8 heteroatoms. The second kappa shape index (κ2) is 10.5. The summed E-state index contributed by atoms with van der Waals surface area (Å²) in [6, 6.07) is 20.9. The van der Waals surface area contributed by atoms with Gasteiger partial charge in [-0.1, -0.05) is 65.9 Å². The quantitative estimate of drug-likeness (QED) is 0.352. The summed E-state index contributed by atoms with van der Waals surface area (Å²) in [5, 5.41) is 17.3. The van der Waals surface area contributed by atoms with Gasteiger partial charge in [-0.2, -0.15) is 0 Å². The molecule has 2 N–H and O–H groups in total. The molecule has 0 spiro atoms. The fourth-order valence-corrected chi connectivity index (χ4v) is 4.62. The Balaban J connectivity index is 1.41. The van der Waals surface area contributed by atoms with E-state index in [1.807, 2.05) is 86.0 Å². The third kappa shape index (κ3) is 5.28. The van der Waals surface area contributed by atoms with Gasteiger partial charge in [-0.25, -0.2) is 0 Å². The summed E-state index contributed by atoms with van der Waals surface area (Å²) < 4.78 is 1.93. The molecular weight excluding hydrogens is 446 g/mol. The van der Waals surface area contributed by atoms with Crippen LogP contribution in [0.5, 0.6) is 0 Å². The molecule has 1 heterocycles. The van der Waals surface area contributed by atoms with Crippen LogP contribution in [0.3, 0.4) is 0 Å². The number of nitrogens with zero attached hydrogens (tertiary/aromatic N) is 3. The Labute approximate surface area is 203 Å². The van der Waals surface area contributed by atoms with E-state index in [4.69, 9.17) is 0 Å². The van der Waals surface area contributed by atoms with Gasteiger partial charge in [0.25, 0.3) is 5.91 Å². The van der Waals surface area contributed by atoms with Gasteiger partial charge in [-0.15, -0.1) is 10.2 Å². The molecule has 34 heavy (non-hydrogen) atoms. The average Bonchev–Trinajstić information content (AvgIpc) is 3.26. The molecule has 7 nitrogen and oxygen atoms in total. The van der Waals surface area contributed by atoms with Crippen molar-refractivity contribution in [2.45, 2.75) is 38.5 Å². The van der Waals surface area contributed by atoms with Crippen LogP contribution in [-0.2, 0) is 11.3 Å². The van der Waals surface area contributed by atoms with Crippen LogP contribution in [0.25, 0.3) is 10.8 Å². The summed E-state index contributed by atoms with van der Waals surface area (Å²) in [4.78, 5) is 25.3. The summed E-state index contributed by atoms with van der Waals surface area (Å²) in [5.74, 6) is 0.575. The van der Waals surface area contributed by atoms with E-state index < -0.39 is 0 Å². The van der Waals surface area contributed by atoms with E-state index in [1.165, 1.54) is 11.8 Å². The van der Waals surface area contributed by atoms with Crippen molar-refractivity contribution >= 4 is 40.0 Å². The Hall–Kier alpha value is -3.65. The summed E-state index contributed by atoms with van der Waals surface area (Å²) >= 11 is 1.32. The van der Waals surface area contributed by atoms with Crippen molar-refractivity contribution in [2.75, 3.05) is 11.1 Å². The van der Waals surface area contributed by atoms with E-state index >= 15 is 0 Å². The summed E-state index contributed by atoms with van der Waals surface area (Å²) in [7, 11) is 0. The molecule has 0 bridgehead atoms. The van der Waals surface area contributed by atoms with Crippen LogP contribution < -0.4 is 10.6 Å². The summed E-state index contributed by atoms with van der Waals surface area (Å²) in [6.07, 6.45) is 0. The van der Waals surface area contributed by atoms with Crippen molar-refractivity contribution in [1.82, 2.24) is 20.1 Å². The topological polar surface area (TPSA) is 88.9 Å². The van der Waals surface area contributed by atoms with Gasteiger partial charge in [0.05, 0.1) is 11.8 Å². The fourth-order valence-electron chi connectivity index (χ4n) is 3.81. The third-order valence-corrected chi connectivity index (χ3v) is 6.44. The number of carbonyl (C=O) groups excluding carboxylic acids is 2. The van der Waals surface area contributed by atoms with E-state index in [-0.39, 0.29) is 23.6 Å². The lowest BCUT2D eigenvalue weighted by Gasteiger charge is -2.15. The Morgan fingerprint density at radius 2 is 1.79 bits per heavy atom. The predicted molar refractivity (Wildman–Crippen MR) is 136 cm³/mol. The lowest BCUT2D eigenvalue weighted by atomic mass is 10.1. The molecule has 2 amide bonds. The molecule has 4 aromatic rings. The van der Waals surface area contributed by atoms with Crippen LogP contribution >= 0.6 is 11.8 Å². The number of rotatable bonds is 8. The maximum absolute atomic E-state index is 12.7. The van der Waals surface area contributed by atoms with Gasteiger partial charge in [0.15, 0.2) is 11.0 Å². The maximum Gasteiger partial charge on any atom is 0.251 e. The largest absolute Gasteiger partial charge is 0.342 e. The molecule has 0 saturated heterocycles. The molecule has 0 aliphatic heterocycles. The zero-order chi connectivity index (χ0) is 24.1. The fraction of sp³-hybridized carbons (Fsp3) is 0.231. The molecule has 174 valence electrons. The first-order valence-electron chi connectivity index (χ1n) is 11.2. The van der Waals surface area contributed by atoms with Crippen LogP contribution in [0.15, 0.2) is 71.9 Å². The van der Waals surface area contributed by atoms with Gasteiger partial charge in [-0.05, 0) is 44.4 Å². The van der Waals surface area contributed by atoms with E-state index in [0.717, 1.165) is 22.0 Å². The molecule has 0 radical (unpaired) electrons. The number of fused-ring (bicyclic) bond motifs is 1. The summed E-state index contributed by atoms with van der Waals surface area (Å²) in [5.41, 5.74) is 2.42.